The Morgan fingerprint density at radius 3 is 2.45 bits per heavy atom. The topological polar surface area (TPSA) is 94.5 Å². The third kappa shape index (κ3) is 3.83. The van der Waals surface area contributed by atoms with Crippen molar-refractivity contribution in [3.05, 3.63) is 58.9 Å². The van der Waals surface area contributed by atoms with Crippen LogP contribution in [-0.2, 0) is 6.61 Å². The third-order valence-corrected chi connectivity index (χ3v) is 4.68. The van der Waals surface area contributed by atoms with Gasteiger partial charge in [-0.1, -0.05) is 6.07 Å². The number of hydrogen-bond acceptors (Lipinski definition) is 7. The second-order valence-corrected chi connectivity index (χ2v) is 7.32. The van der Waals surface area contributed by atoms with Crippen LogP contribution in [0.15, 0.2) is 30.5 Å². The van der Waals surface area contributed by atoms with Gasteiger partial charge in [-0.3, -0.25) is 4.40 Å². The zero-order valence-electron chi connectivity index (χ0n) is 17.5. The van der Waals surface area contributed by atoms with Crippen molar-refractivity contribution in [2.75, 3.05) is 24.7 Å². The second kappa shape index (κ2) is 7.78. The quantitative estimate of drug-likeness (QED) is 0.524. The number of rotatable bonds is 5. The van der Waals surface area contributed by atoms with Gasteiger partial charge in [-0.25, -0.2) is 13.8 Å². The molecule has 0 aliphatic carbocycles. The molecular weight excluding hydrogens is 404 g/mol. The van der Waals surface area contributed by atoms with Crippen molar-refractivity contribution < 1.29 is 13.5 Å². The number of halogens is 2. The molecule has 4 rings (SSSR count). The SMILES string of the molecule is Cc1cc(OCc2c(F)cccc2F)c2nc(C)c(-c3nc(N)nc(N(C)C)n3)n2c1. The molecule has 8 nitrogen and oxygen atoms in total. The molecule has 0 radical (unpaired) electrons. The van der Waals surface area contributed by atoms with Crippen LogP contribution in [0.5, 0.6) is 5.75 Å². The lowest BCUT2D eigenvalue weighted by atomic mass is 10.2. The van der Waals surface area contributed by atoms with Crippen LogP contribution in [-0.4, -0.2) is 38.4 Å². The molecule has 10 heteroatoms. The molecule has 0 saturated carbocycles. The summed E-state index contributed by atoms with van der Waals surface area (Å²) < 4.78 is 35.6. The summed E-state index contributed by atoms with van der Waals surface area (Å²) in [7, 11) is 3.61. The Hall–Kier alpha value is -3.82. The molecule has 0 aliphatic rings. The summed E-state index contributed by atoms with van der Waals surface area (Å²) in [6, 6.07) is 5.46. The largest absolute Gasteiger partial charge is 0.485 e. The van der Waals surface area contributed by atoms with Crippen molar-refractivity contribution in [1.82, 2.24) is 24.3 Å². The van der Waals surface area contributed by atoms with Crippen molar-refractivity contribution in [3.8, 4) is 17.3 Å². The minimum atomic E-state index is -0.666. The lowest BCUT2D eigenvalue weighted by Crippen LogP contribution is -2.15. The van der Waals surface area contributed by atoms with E-state index in [1.807, 2.05) is 20.0 Å². The Morgan fingerprint density at radius 1 is 1.06 bits per heavy atom. The Morgan fingerprint density at radius 2 is 1.77 bits per heavy atom. The minimum absolute atomic E-state index is 0.0854. The van der Waals surface area contributed by atoms with Crippen molar-refractivity contribution in [2.45, 2.75) is 20.5 Å². The van der Waals surface area contributed by atoms with E-state index >= 15 is 0 Å². The van der Waals surface area contributed by atoms with E-state index in [1.165, 1.54) is 18.2 Å². The highest BCUT2D eigenvalue weighted by atomic mass is 19.1. The molecule has 0 unspecified atom stereocenters. The molecule has 0 spiro atoms. The average molecular weight is 425 g/mol. The molecule has 1 aromatic carbocycles. The van der Waals surface area contributed by atoms with Crippen molar-refractivity contribution >= 4 is 17.5 Å². The molecule has 3 heterocycles. The summed E-state index contributed by atoms with van der Waals surface area (Å²) in [5, 5.41) is 0. The van der Waals surface area contributed by atoms with Crippen LogP contribution < -0.4 is 15.4 Å². The summed E-state index contributed by atoms with van der Waals surface area (Å²) in [5.74, 6) is -0.0931. The third-order valence-electron chi connectivity index (χ3n) is 4.68. The minimum Gasteiger partial charge on any atom is -0.485 e. The van der Waals surface area contributed by atoms with Crippen LogP contribution in [0, 0.1) is 25.5 Å². The van der Waals surface area contributed by atoms with E-state index < -0.39 is 11.6 Å². The number of pyridine rings is 1. The lowest BCUT2D eigenvalue weighted by Gasteiger charge is -2.13. The van der Waals surface area contributed by atoms with E-state index in [0.717, 1.165) is 5.56 Å². The van der Waals surface area contributed by atoms with E-state index in [0.29, 0.717) is 34.6 Å². The first-order valence-corrected chi connectivity index (χ1v) is 9.49. The molecule has 160 valence electrons. The Labute approximate surface area is 177 Å². The molecule has 2 N–H and O–H groups in total. The van der Waals surface area contributed by atoms with Gasteiger partial charge in [0.2, 0.25) is 11.9 Å². The highest BCUT2D eigenvalue weighted by Gasteiger charge is 2.20. The number of imidazole rings is 1. The Balaban J connectivity index is 1.81. The van der Waals surface area contributed by atoms with Crippen LogP contribution in [0.2, 0.25) is 0 Å². The molecule has 0 amide bonds. The van der Waals surface area contributed by atoms with E-state index in [-0.39, 0.29) is 18.1 Å². The predicted molar refractivity (Wildman–Crippen MR) is 113 cm³/mol. The summed E-state index contributed by atoms with van der Waals surface area (Å²) in [5.41, 5.74) is 8.33. The fourth-order valence-corrected chi connectivity index (χ4v) is 3.24. The number of nitrogens with two attached hydrogens (primary N) is 1. The molecule has 3 aromatic heterocycles. The van der Waals surface area contributed by atoms with E-state index in [9.17, 15) is 8.78 Å². The normalized spacial score (nSPS) is 11.2. The molecular formula is C21H21F2N7O. The van der Waals surface area contributed by atoms with Gasteiger partial charge in [-0.05, 0) is 37.6 Å². The van der Waals surface area contributed by atoms with Crippen LogP contribution in [0.4, 0.5) is 20.7 Å². The number of ether oxygens (including phenoxy) is 1. The molecule has 0 aliphatic heterocycles. The highest BCUT2D eigenvalue weighted by Crippen LogP contribution is 2.30. The maximum absolute atomic E-state index is 14.0. The smallest absolute Gasteiger partial charge is 0.230 e. The van der Waals surface area contributed by atoms with Crippen molar-refractivity contribution in [1.29, 1.82) is 0 Å². The maximum atomic E-state index is 14.0. The van der Waals surface area contributed by atoms with E-state index in [1.54, 1.807) is 29.5 Å². The van der Waals surface area contributed by atoms with Gasteiger partial charge in [0.1, 0.15) is 23.9 Å². The summed E-state index contributed by atoms with van der Waals surface area (Å²) in [4.78, 5) is 19.2. The predicted octanol–water partition coefficient (Wildman–Crippen LogP) is 3.31. The number of benzene rings is 1. The van der Waals surface area contributed by atoms with Crippen molar-refractivity contribution in [2.24, 2.45) is 0 Å². The Bertz CT molecular complexity index is 1270. The number of aryl methyl sites for hydroxylation is 2. The highest BCUT2D eigenvalue weighted by molar-refractivity contribution is 5.67. The van der Waals surface area contributed by atoms with Gasteiger partial charge in [0.15, 0.2) is 17.2 Å². The lowest BCUT2D eigenvalue weighted by molar-refractivity contribution is 0.294. The molecule has 31 heavy (non-hydrogen) atoms. The van der Waals surface area contributed by atoms with Gasteiger partial charge >= 0.3 is 0 Å². The number of nitrogen functional groups attached to an aromatic ring is 1. The number of fused-ring (bicyclic) bond motifs is 1. The monoisotopic (exact) mass is 425 g/mol. The maximum Gasteiger partial charge on any atom is 0.230 e. The first-order chi connectivity index (χ1) is 14.7. The van der Waals surface area contributed by atoms with Crippen LogP contribution in [0.3, 0.4) is 0 Å². The van der Waals surface area contributed by atoms with E-state index in [2.05, 4.69) is 19.9 Å². The van der Waals surface area contributed by atoms with Gasteiger partial charge in [-0.15, -0.1) is 0 Å². The van der Waals surface area contributed by atoms with Gasteiger partial charge in [-0.2, -0.15) is 15.0 Å². The number of nitrogens with zero attached hydrogens (tertiary/aromatic N) is 6. The zero-order valence-corrected chi connectivity index (χ0v) is 17.5. The summed E-state index contributed by atoms with van der Waals surface area (Å²) >= 11 is 0. The summed E-state index contributed by atoms with van der Waals surface area (Å²) in [6.07, 6.45) is 1.86. The summed E-state index contributed by atoms with van der Waals surface area (Å²) in [6.45, 7) is 3.41. The molecule has 0 fully saturated rings. The number of anilines is 2. The number of hydrogen-bond donors (Lipinski definition) is 1. The van der Waals surface area contributed by atoms with E-state index in [4.69, 9.17) is 10.5 Å². The number of aromatic nitrogens is 5. The molecule has 4 aromatic rings. The van der Waals surface area contributed by atoms with Crippen molar-refractivity contribution in [3.63, 3.8) is 0 Å². The molecule has 0 atom stereocenters. The fourth-order valence-electron chi connectivity index (χ4n) is 3.24. The van der Waals surface area contributed by atoms with Crippen LogP contribution >= 0.6 is 0 Å². The zero-order chi connectivity index (χ0) is 22.3. The first-order valence-electron chi connectivity index (χ1n) is 9.49. The van der Waals surface area contributed by atoms with Gasteiger partial charge < -0.3 is 15.4 Å². The van der Waals surface area contributed by atoms with Gasteiger partial charge in [0.05, 0.1) is 11.3 Å². The molecule has 0 saturated heterocycles. The second-order valence-electron chi connectivity index (χ2n) is 7.32. The fraction of sp³-hybridized carbons (Fsp3) is 0.238. The van der Waals surface area contributed by atoms with Crippen LogP contribution in [0.25, 0.3) is 17.2 Å². The van der Waals surface area contributed by atoms with Crippen LogP contribution in [0.1, 0.15) is 16.8 Å². The first kappa shape index (κ1) is 20.5. The standard InChI is InChI=1S/C21H21F2N7O/c1-11-8-16(31-10-13-14(22)6-5-7-15(13)23)19-25-12(2)17(30(19)9-11)18-26-20(24)28-21(27-18)29(3)4/h5-9H,10H2,1-4H3,(H2,24,26,27,28). The van der Waals surface area contributed by atoms with Gasteiger partial charge in [0, 0.05) is 20.3 Å². The average Bonchev–Trinajstić information content (AvgIpc) is 3.02. The van der Waals surface area contributed by atoms with Gasteiger partial charge in [0.25, 0.3) is 0 Å². The molecule has 0 bridgehead atoms. The Kier molecular flexibility index (Phi) is 5.14.